The molecule has 0 radical (unpaired) electrons. The molecule has 0 spiro atoms. The highest BCUT2D eigenvalue weighted by atomic mass is 35.5. The number of nitrogens with two attached hydrogens (primary N) is 1. The maximum Gasteiger partial charge on any atom is 0.162 e. The monoisotopic (exact) mass is 261 g/mol. The second kappa shape index (κ2) is 6.86. The van der Waals surface area contributed by atoms with E-state index in [1.54, 1.807) is 18.2 Å². The summed E-state index contributed by atoms with van der Waals surface area (Å²) in [4.78, 5) is 11.5. The van der Waals surface area contributed by atoms with E-state index in [2.05, 4.69) is 0 Å². The third kappa shape index (κ3) is 4.49. The standard InChI is InChI=1S/C11H13Cl2NO2/c12-9-2-1-8(11(13)6-9)5-10(15)7-16-4-3-14/h1-2,6H,3-5,7,14H2. The van der Waals surface area contributed by atoms with Gasteiger partial charge in [0, 0.05) is 23.0 Å². The lowest BCUT2D eigenvalue weighted by Crippen LogP contribution is -2.16. The molecular weight excluding hydrogens is 249 g/mol. The van der Waals surface area contributed by atoms with Crippen molar-refractivity contribution in [3.8, 4) is 0 Å². The molecule has 0 saturated carbocycles. The summed E-state index contributed by atoms with van der Waals surface area (Å²) in [5, 5.41) is 1.06. The molecule has 0 aliphatic carbocycles. The topological polar surface area (TPSA) is 52.3 Å². The van der Waals surface area contributed by atoms with Gasteiger partial charge in [0.15, 0.2) is 5.78 Å². The van der Waals surface area contributed by atoms with Crippen molar-refractivity contribution >= 4 is 29.0 Å². The van der Waals surface area contributed by atoms with Crippen molar-refractivity contribution in [1.29, 1.82) is 0 Å². The summed E-state index contributed by atoms with van der Waals surface area (Å²) in [7, 11) is 0. The van der Waals surface area contributed by atoms with Crippen LogP contribution in [-0.4, -0.2) is 25.5 Å². The Kier molecular flexibility index (Phi) is 5.77. The fraction of sp³-hybridized carbons (Fsp3) is 0.364. The van der Waals surface area contributed by atoms with Crippen molar-refractivity contribution in [3.05, 3.63) is 33.8 Å². The van der Waals surface area contributed by atoms with Crippen LogP contribution < -0.4 is 5.73 Å². The average molecular weight is 262 g/mol. The Balaban J connectivity index is 2.49. The third-order valence-corrected chi connectivity index (χ3v) is 2.51. The van der Waals surface area contributed by atoms with Crippen LogP contribution in [0, 0.1) is 0 Å². The van der Waals surface area contributed by atoms with Gasteiger partial charge in [0.25, 0.3) is 0 Å². The van der Waals surface area contributed by atoms with E-state index in [-0.39, 0.29) is 18.8 Å². The molecule has 0 fully saturated rings. The van der Waals surface area contributed by atoms with Crippen molar-refractivity contribution in [2.45, 2.75) is 6.42 Å². The lowest BCUT2D eigenvalue weighted by molar-refractivity contribution is -0.122. The maximum atomic E-state index is 11.5. The van der Waals surface area contributed by atoms with Gasteiger partial charge in [-0.1, -0.05) is 29.3 Å². The molecule has 0 bridgehead atoms. The second-order valence-corrected chi connectivity index (χ2v) is 4.14. The highest BCUT2D eigenvalue weighted by Crippen LogP contribution is 2.21. The molecule has 0 unspecified atom stereocenters. The van der Waals surface area contributed by atoms with Crippen molar-refractivity contribution < 1.29 is 9.53 Å². The largest absolute Gasteiger partial charge is 0.372 e. The van der Waals surface area contributed by atoms with E-state index in [0.29, 0.717) is 23.2 Å². The van der Waals surface area contributed by atoms with Crippen molar-refractivity contribution in [1.82, 2.24) is 0 Å². The molecule has 1 rings (SSSR count). The van der Waals surface area contributed by atoms with Crippen molar-refractivity contribution in [3.63, 3.8) is 0 Å². The van der Waals surface area contributed by atoms with Crippen LogP contribution in [0.4, 0.5) is 0 Å². The van der Waals surface area contributed by atoms with Gasteiger partial charge in [-0.15, -0.1) is 0 Å². The summed E-state index contributed by atoms with van der Waals surface area (Å²) in [5.74, 6) is -0.0299. The molecule has 2 N–H and O–H groups in total. The molecule has 0 aliphatic heterocycles. The molecule has 0 aromatic heterocycles. The molecule has 1 aromatic rings. The average Bonchev–Trinajstić information content (AvgIpc) is 2.23. The number of hydrogen-bond donors (Lipinski definition) is 1. The third-order valence-electron chi connectivity index (χ3n) is 1.93. The molecule has 0 heterocycles. The maximum absolute atomic E-state index is 11.5. The summed E-state index contributed by atoms with van der Waals surface area (Å²) in [6.45, 7) is 0.866. The van der Waals surface area contributed by atoms with Crippen LogP contribution in [0.15, 0.2) is 18.2 Å². The number of benzene rings is 1. The van der Waals surface area contributed by atoms with Gasteiger partial charge in [-0.3, -0.25) is 4.79 Å². The minimum absolute atomic E-state index is 0.0299. The van der Waals surface area contributed by atoms with Gasteiger partial charge >= 0.3 is 0 Å². The zero-order chi connectivity index (χ0) is 12.0. The predicted molar refractivity (Wildman–Crippen MR) is 65.0 cm³/mol. The van der Waals surface area contributed by atoms with Gasteiger partial charge in [0.05, 0.1) is 6.61 Å². The summed E-state index contributed by atoms with van der Waals surface area (Å²) in [6.07, 6.45) is 0.251. The molecular formula is C11H13Cl2NO2. The van der Waals surface area contributed by atoms with Crippen LogP contribution in [0.1, 0.15) is 5.56 Å². The fourth-order valence-corrected chi connectivity index (χ4v) is 1.67. The number of hydrogen-bond acceptors (Lipinski definition) is 3. The molecule has 0 atom stereocenters. The Labute approximate surface area is 104 Å². The molecule has 0 saturated heterocycles. The van der Waals surface area contributed by atoms with Crippen molar-refractivity contribution in [2.75, 3.05) is 19.8 Å². The number of halogens is 2. The van der Waals surface area contributed by atoms with Gasteiger partial charge in [-0.05, 0) is 17.7 Å². The number of carbonyl (C=O) groups is 1. The second-order valence-electron chi connectivity index (χ2n) is 3.29. The van der Waals surface area contributed by atoms with Gasteiger partial charge in [0.2, 0.25) is 0 Å². The Bertz CT molecular complexity index is 369. The number of ketones is 1. The van der Waals surface area contributed by atoms with Crippen LogP contribution in [-0.2, 0) is 16.0 Å². The molecule has 16 heavy (non-hydrogen) atoms. The van der Waals surface area contributed by atoms with Crippen LogP contribution in [0.25, 0.3) is 0 Å². The highest BCUT2D eigenvalue weighted by Gasteiger charge is 2.07. The molecule has 0 amide bonds. The summed E-state index contributed by atoms with van der Waals surface area (Å²) < 4.78 is 5.04. The first-order chi connectivity index (χ1) is 7.63. The summed E-state index contributed by atoms with van der Waals surface area (Å²) in [5.41, 5.74) is 5.99. The quantitative estimate of drug-likeness (QED) is 0.798. The zero-order valence-electron chi connectivity index (χ0n) is 8.71. The van der Waals surface area contributed by atoms with Crippen LogP contribution in [0.2, 0.25) is 10.0 Å². The van der Waals surface area contributed by atoms with Gasteiger partial charge in [0.1, 0.15) is 6.61 Å². The first kappa shape index (κ1) is 13.5. The van der Waals surface area contributed by atoms with Crippen LogP contribution in [0.5, 0.6) is 0 Å². The number of Topliss-reactive ketones (excluding diaryl/α,β-unsaturated/α-hetero) is 1. The molecule has 5 heteroatoms. The van der Waals surface area contributed by atoms with E-state index in [1.807, 2.05) is 0 Å². The first-order valence-electron chi connectivity index (χ1n) is 4.87. The highest BCUT2D eigenvalue weighted by molar-refractivity contribution is 6.35. The van der Waals surface area contributed by atoms with E-state index in [0.717, 1.165) is 5.56 Å². The Hall–Kier alpha value is -0.610. The van der Waals surface area contributed by atoms with E-state index >= 15 is 0 Å². The minimum Gasteiger partial charge on any atom is -0.372 e. The summed E-state index contributed by atoms with van der Waals surface area (Å²) in [6, 6.07) is 5.06. The zero-order valence-corrected chi connectivity index (χ0v) is 10.2. The van der Waals surface area contributed by atoms with Crippen LogP contribution in [0.3, 0.4) is 0 Å². The fourth-order valence-electron chi connectivity index (χ4n) is 1.20. The Morgan fingerprint density at radius 2 is 2.12 bits per heavy atom. The molecule has 3 nitrogen and oxygen atoms in total. The predicted octanol–water partition coefficient (Wildman–Crippen LogP) is 2.08. The van der Waals surface area contributed by atoms with Gasteiger partial charge in [-0.25, -0.2) is 0 Å². The molecule has 1 aromatic carbocycles. The summed E-state index contributed by atoms with van der Waals surface area (Å²) >= 11 is 11.7. The number of carbonyl (C=O) groups excluding carboxylic acids is 1. The molecule has 0 aliphatic rings. The van der Waals surface area contributed by atoms with E-state index in [4.69, 9.17) is 33.7 Å². The smallest absolute Gasteiger partial charge is 0.162 e. The van der Waals surface area contributed by atoms with E-state index in [9.17, 15) is 4.79 Å². The Morgan fingerprint density at radius 3 is 2.75 bits per heavy atom. The molecule has 88 valence electrons. The normalized spacial score (nSPS) is 10.4. The lowest BCUT2D eigenvalue weighted by atomic mass is 10.1. The van der Waals surface area contributed by atoms with Crippen molar-refractivity contribution in [2.24, 2.45) is 5.73 Å². The Morgan fingerprint density at radius 1 is 1.38 bits per heavy atom. The number of rotatable bonds is 6. The minimum atomic E-state index is -0.0299. The van der Waals surface area contributed by atoms with E-state index < -0.39 is 0 Å². The number of ether oxygens (including phenoxy) is 1. The van der Waals surface area contributed by atoms with Gasteiger partial charge in [-0.2, -0.15) is 0 Å². The van der Waals surface area contributed by atoms with Gasteiger partial charge < -0.3 is 10.5 Å². The first-order valence-corrected chi connectivity index (χ1v) is 5.62. The SMILES string of the molecule is NCCOCC(=O)Cc1ccc(Cl)cc1Cl. The lowest BCUT2D eigenvalue weighted by Gasteiger charge is -2.04. The van der Waals surface area contributed by atoms with Crippen LogP contribution >= 0.6 is 23.2 Å². The van der Waals surface area contributed by atoms with E-state index in [1.165, 1.54) is 0 Å².